The van der Waals surface area contributed by atoms with Gasteiger partial charge in [-0.2, -0.15) is 0 Å². The van der Waals surface area contributed by atoms with Crippen molar-refractivity contribution in [1.29, 1.82) is 0 Å². The maximum Gasteiger partial charge on any atom is 0.170 e. The fourth-order valence-electron chi connectivity index (χ4n) is 2.20. The topological polar surface area (TPSA) is 44.5 Å². The average molecular weight is 342 g/mol. The van der Waals surface area contributed by atoms with Crippen LogP contribution >= 0.6 is 12.4 Å². The molecule has 2 N–H and O–H groups in total. The molecule has 1 atom stereocenters. The van der Waals surface area contributed by atoms with Gasteiger partial charge in [0.05, 0.1) is 0 Å². The van der Waals surface area contributed by atoms with Gasteiger partial charge in [-0.05, 0) is 48.9 Å². The number of para-hydroxylation sites is 2. The molecule has 0 aromatic heterocycles. The largest absolute Gasteiger partial charge is 0.453 e. The predicted octanol–water partition coefficient (Wildman–Crippen LogP) is 5.71. The minimum Gasteiger partial charge on any atom is -0.453 e. The lowest BCUT2D eigenvalue weighted by molar-refractivity contribution is 0.418. The Hall–Kier alpha value is -2.49. The van der Waals surface area contributed by atoms with Crippen molar-refractivity contribution in [3.63, 3.8) is 0 Å². The lowest BCUT2D eigenvalue weighted by Crippen LogP contribution is -2.05. The highest BCUT2D eigenvalue weighted by molar-refractivity contribution is 5.85. The molecule has 4 heteroatoms. The van der Waals surface area contributed by atoms with Gasteiger partial charge in [0, 0.05) is 6.04 Å². The number of ether oxygens (including phenoxy) is 2. The van der Waals surface area contributed by atoms with Crippen molar-refractivity contribution in [2.75, 3.05) is 0 Å². The van der Waals surface area contributed by atoms with E-state index in [2.05, 4.69) is 0 Å². The Morgan fingerprint density at radius 3 is 1.71 bits per heavy atom. The van der Waals surface area contributed by atoms with Gasteiger partial charge in [-0.25, -0.2) is 0 Å². The van der Waals surface area contributed by atoms with Gasteiger partial charge in [0.2, 0.25) is 0 Å². The van der Waals surface area contributed by atoms with Crippen molar-refractivity contribution in [2.45, 2.75) is 13.0 Å². The lowest BCUT2D eigenvalue weighted by atomic mass is 10.1. The summed E-state index contributed by atoms with van der Waals surface area (Å²) in [5.74, 6) is 2.82. The first-order chi connectivity index (χ1) is 11.2. The molecule has 0 fully saturated rings. The van der Waals surface area contributed by atoms with Gasteiger partial charge in [0.15, 0.2) is 11.5 Å². The van der Waals surface area contributed by atoms with Crippen LogP contribution < -0.4 is 15.2 Å². The summed E-state index contributed by atoms with van der Waals surface area (Å²) >= 11 is 0. The fourth-order valence-corrected chi connectivity index (χ4v) is 2.20. The van der Waals surface area contributed by atoms with Gasteiger partial charge in [0.25, 0.3) is 0 Å². The van der Waals surface area contributed by atoms with Crippen LogP contribution in [0.2, 0.25) is 0 Å². The highest BCUT2D eigenvalue weighted by Crippen LogP contribution is 2.36. The Balaban J connectivity index is 0.00000208. The quantitative estimate of drug-likeness (QED) is 0.646. The molecule has 0 unspecified atom stereocenters. The first-order valence-electron chi connectivity index (χ1n) is 7.58. The Labute approximate surface area is 148 Å². The Morgan fingerprint density at radius 2 is 1.21 bits per heavy atom. The van der Waals surface area contributed by atoms with E-state index in [0.29, 0.717) is 11.5 Å². The number of rotatable bonds is 5. The Kier molecular flexibility index (Phi) is 6.24. The van der Waals surface area contributed by atoms with Crippen LogP contribution in [0.4, 0.5) is 0 Å². The minimum absolute atomic E-state index is 0. The third kappa shape index (κ3) is 4.51. The molecule has 3 rings (SSSR count). The van der Waals surface area contributed by atoms with E-state index in [4.69, 9.17) is 15.2 Å². The van der Waals surface area contributed by atoms with Crippen LogP contribution in [0, 0.1) is 0 Å². The Bertz CT molecular complexity index is 761. The van der Waals surface area contributed by atoms with Gasteiger partial charge >= 0.3 is 0 Å². The summed E-state index contributed by atoms with van der Waals surface area (Å²) in [7, 11) is 0. The molecule has 3 nitrogen and oxygen atoms in total. The molecule has 0 bridgehead atoms. The zero-order chi connectivity index (χ0) is 16.1. The third-order valence-corrected chi connectivity index (χ3v) is 3.44. The van der Waals surface area contributed by atoms with Crippen molar-refractivity contribution in [2.24, 2.45) is 5.73 Å². The molecule has 0 saturated carbocycles. The normalized spacial score (nSPS) is 11.2. The molecular weight excluding hydrogens is 322 g/mol. The van der Waals surface area contributed by atoms with Crippen LogP contribution in [0.3, 0.4) is 0 Å². The van der Waals surface area contributed by atoms with Crippen LogP contribution in [0.25, 0.3) is 0 Å². The zero-order valence-electron chi connectivity index (χ0n) is 13.4. The minimum atomic E-state index is -0.0705. The molecule has 0 saturated heterocycles. The molecule has 0 aliphatic heterocycles. The first kappa shape index (κ1) is 17.9. The number of halogens is 1. The molecule has 0 amide bonds. The van der Waals surface area contributed by atoms with E-state index in [-0.39, 0.29) is 18.4 Å². The second-order valence-corrected chi connectivity index (χ2v) is 5.33. The zero-order valence-corrected chi connectivity index (χ0v) is 14.2. The molecule has 0 heterocycles. The van der Waals surface area contributed by atoms with E-state index >= 15 is 0 Å². The summed E-state index contributed by atoms with van der Waals surface area (Å²) in [6.45, 7) is 1.94. The van der Waals surface area contributed by atoms with E-state index in [1.165, 1.54) is 0 Å². The van der Waals surface area contributed by atoms with Gasteiger partial charge in [-0.3, -0.25) is 0 Å². The predicted molar refractivity (Wildman–Crippen MR) is 99.3 cm³/mol. The second kappa shape index (κ2) is 8.39. The van der Waals surface area contributed by atoms with Crippen LogP contribution in [0.5, 0.6) is 23.0 Å². The maximum atomic E-state index is 5.99. The van der Waals surface area contributed by atoms with E-state index in [1.54, 1.807) is 0 Å². The van der Waals surface area contributed by atoms with Crippen LogP contribution in [-0.4, -0.2) is 0 Å². The summed E-state index contributed by atoms with van der Waals surface area (Å²) in [5.41, 5.74) is 6.98. The smallest absolute Gasteiger partial charge is 0.170 e. The lowest BCUT2D eigenvalue weighted by Gasteiger charge is -2.15. The van der Waals surface area contributed by atoms with Crippen LogP contribution in [0.1, 0.15) is 18.5 Å². The molecule has 24 heavy (non-hydrogen) atoms. The highest BCUT2D eigenvalue weighted by atomic mass is 35.5. The van der Waals surface area contributed by atoms with Gasteiger partial charge in [-0.15, -0.1) is 12.4 Å². The van der Waals surface area contributed by atoms with Crippen molar-refractivity contribution < 1.29 is 9.47 Å². The molecule has 0 aliphatic rings. The summed E-state index contributed by atoms with van der Waals surface area (Å²) in [4.78, 5) is 0. The van der Waals surface area contributed by atoms with Gasteiger partial charge in [-0.1, -0.05) is 42.5 Å². The van der Waals surface area contributed by atoms with E-state index in [9.17, 15) is 0 Å². The SMILES string of the molecule is C[C@H](N)c1ccc(Oc2ccccc2)c(Oc2ccccc2)c1.Cl. The summed E-state index contributed by atoms with van der Waals surface area (Å²) < 4.78 is 11.9. The van der Waals surface area contributed by atoms with Crippen molar-refractivity contribution in [1.82, 2.24) is 0 Å². The number of hydrogen-bond donors (Lipinski definition) is 1. The summed E-state index contributed by atoms with van der Waals surface area (Å²) in [6, 6.07) is 25.0. The molecule has 0 aliphatic carbocycles. The Morgan fingerprint density at radius 1 is 0.708 bits per heavy atom. The van der Waals surface area contributed by atoms with E-state index in [0.717, 1.165) is 17.1 Å². The van der Waals surface area contributed by atoms with Gasteiger partial charge in [0.1, 0.15) is 11.5 Å². The van der Waals surface area contributed by atoms with E-state index in [1.807, 2.05) is 85.8 Å². The fraction of sp³-hybridized carbons (Fsp3) is 0.100. The third-order valence-electron chi connectivity index (χ3n) is 3.44. The molecular formula is C20H20ClNO2. The van der Waals surface area contributed by atoms with Crippen molar-refractivity contribution in [3.05, 3.63) is 84.4 Å². The van der Waals surface area contributed by atoms with E-state index < -0.39 is 0 Å². The monoisotopic (exact) mass is 341 g/mol. The van der Waals surface area contributed by atoms with Crippen LogP contribution in [0.15, 0.2) is 78.9 Å². The van der Waals surface area contributed by atoms with Crippen molar-refractivity contribution in [3.8, 4) is 23.0 Å². The maximum absolute atomic E-state index is 5.99. The molecule has 3 aromatic carbocycles. The summed E-state index contributed by atoms with van der Waals surface area (Å²) in [5, 5.41) is 0. The number of benzene rings is 3. The number of nitrogens with two attached hydrogens (primary N) is 1. The highest BCUT2D eigenvalue weighted by Gasteiger charge is 2.11. The van der Waals surface area contributed by atoms with Gasteiger partial charge < -0.3 is 15.2 Å². The van der Waals surface area contributed by atoms with Crippen LogP contribution in [-0.2, 0) is 0 Å². The molecule has 0 spiro atoms. The van der Waals surface area contributed by atoms with Crippen molar-refractivity contribution >= 4 is 12.4 Å². The molecule has 0 radical (unpaired) electrons. The summed E-state index contributed by atoms with van der Waals surface area (Å²) in [6.07, 6.45) is 0. The first-order valence-corrected chi connectivity index (χ1v) is 7.58. The average Bonchev–Trinajstić information content (AvgIpc) is 2.58. The molecule has 3 aromatic rings. The number of hydrogen-bond acceptors (Lipinski definition) is 3. The molecule has 124 valence electrons. The standard InChI is InChI=1S/C20H19NO2.ClH/c1-15(21)16-12-13-19(22-17-8-4-2-5-9-17)20(14-16)23-18-10-6-3-7-11-18;/h2-15H,21H2,1H3;1H/t15-;/m0./s1. The second-order valence-electron chi connectivity index (χ2n) is 5.33.